The predicted molar refractivity (Wildman–Crippen MR) is 85.5 cm³/mol. The van der Waals surface area contributed by atoms with Gasteiger partial charge in [0.05, 0.1) is 26.0 Å². The minimum atomic E-state index is -0.519. The summed E-state index contributed by atoms with van der Waals surface area (Å²) >= 11 is 0. The van der Waals surface area contributed by atoms with Gasteiger partial charge in [-0.1, -0.05) is 0 Å². The van der Waals surface area contributed by atoms with Crippen molar-refractivity contribution >= 4 is 5.91 Å². The third kappa shape index (κ3) is 3.68. The van der Waals surface area contributed by atoms with Gasteiger partial charge in [0.25, 0.3) is 5.91 Å². The van der Waals surface area contributed by atoms with E-state index in [0.29, 0.717) is 11.4 Å². The third-order valence-corrected chi connectivity index (χ3v) is 3.06. The number of methoxy groups -OCH3 is 2. The Kier molecular flexibility index (Phi) is 5.00. The maximum atomic E-state index is 12.1. The van der Waals surface area contributed by atoms with Crippen molar-refractivity contribution in [2.75, 3.05) is 14.2 Å². The van der Waals surface area contributed by atoms with Crippen LogP contribution in [0.3, 0.4) is 0 Å². The first-order chi connectivity index (χ1) is 11.0. The largest absolute Gasteiger partial charge is 0.497 e. The summed E-state index contributed by atoms with van der Waals surface area (Å²) in [4.78, 5) is 24.2. The van der Waals surface area contributed by atoms with Crippen LogP contribution in [0, 0.1) is 0 Å². The molecule has 0 saturated carbocycles. The molecule has 7 nitrogen and oxygen atoms in total. The average molecular weight is 317 g/mol. The summed E-state index contributed by atoms with van der Waals surface area (Å²) in [5.41, 5.74) is -0.0404. The molecule has 122 valence electrons. The Hall–Kier alpha value is -2.83. The van der Waals surface area contributed by atoms with Crippen molar-refractivity contribution in [3.05, 3.63) is 46.2 Å². The van der Waals surface area contributed by atoms with E-state index in [2.05, 4.69) is 10.4 Å². The quantitative estimate of drug-likeness (QED) is 0.901. The molecule has 0 radical (unpaired) electrons. The maximum absolute atomic E-state index is 12.1. The highest BCUT2D eigenvalue weighted by atomic mass is 16.5. The number of benzene rings is 1. The Bertz CT molecular complexity index is 751. The van der Waals surface area contributed by atoms with Crippen molar-refractivity contribution < 1.29 is 14.3 Å². The molecule has 1 aromatic heterocycles. The summed E-state index contributed by atoms with van der Waals surface area (Å²) in [5, 5.41) is 6.81. The minimum Gasteiger partial charge on any atom is -0.497 e. The lowest BCUT2D eigenvalue weighted by atomic mass is 10.3. The average Bonchev–Trinajstić information content (AvgIpc) is 2.53. The van der Waals surface area contributed by atoms with Gasteiger partial charge in [0.2, 0.25) is 11.3 Å². The van der Waals surface area contributed by atoms with E-state index in [0.717, 1.165) is 0 Å². The molecule has 1 N–H and O–H groups in total. The molecule has 7 heteroatoms. The van der Waals surface area contributed by atoms with Crippen LogP contribution in [0.15, 0.2) is 35.1 Å². The lowest BCUT2D eigenvalue weighted by Gasteiger charge is -2.13. The molecular weight excluding hydrogens is 298 g/mol. The van der Waals surface area contributed by atoms with Gasteiger partial charge in [0.15, 0.2) is 5.69 Å². The number of aromatic nitrogens is 2. The van der Waals surface area contributed by atoms with Gasteiger partial charge >= 0.3 is 0 Å². The first kappa shape index (κ1) is 16.5. The summed E-state index contributed by atoms with van der Waals surface area (Å²) in [5.74, 6) is 0.405. The molecule has 0 fully saturated rings. The number of hydrogen-bond acceptors (Lipinski definition) is 5. The predicted octanol–water partition coefficient (Wildman–Crippen LogP) is 1.39. The molecule has 0 unspecified atom stereocenters. The van der Waals surface area contributed by atoms with Gasteiger partial charge in [0.1, 0.15) is 5.75 Å². The summed E-state index contributed by atoms with van der Waals surface area (Å²) < 4.78 is 11.7. The standard InChI is InChI=1S/C16H19N3O4/c1-10(2)17-16(21)15-13(20)9-14(23-4)19(18-15)11-5-7-12(22-3)8-6-11/h5-10H,1-4H3,(H,17,21). The minimum absolute atomic E-state index is 0.0970. The number of hydrogen-bond donors (Lipinski definition) is 1. The number of nitrogens with zero attached hydrogens (tertiary/aromatic N) is 2. The zero-order valence-electron chi connectivity index (χ0n) is 13.5. The number of rotatable bonds is 5. The van der Waals surface area contributed by atoms with Crippen molar-refractivity contribution in [1.82, 2.24) is 15.1 Å². The fourth-order valence-corrected chi connectivity index (χ4v) is 1.98. The van der Waals surface area contributed by atoms with E-state index in [1.807, 2.05) is 13.8 Å². The molecule has 0 atom stereocenters. The van der Waals surface area contributed by atoms with Crippen molar-refractivity contribution in [2.24, 2.45) is 0 Å². The van der Waals surface area contributed by atoms with Crippen molar-refractivity contribution in [3.63, 3.8) is 0 Å². The molecule has 2 rings (SSSR count). The van der Waals surface area contributed by atoms with E-state index in [4.69, 9.17) is 9.47 Å². The van der Waals surface area contributed by atoms with Crippen LogP contribution < -0.4 is 20.2 Å². The molecule has 1 aromatic carbocycles. The summed E-state index contributed by atoms with van der Waals surface area (Å²) in [7, 11) is 3.01. The van der Waals surface area contributed by atoms with E-state index >= 15 is 0 Å². The second-order valence-corrected chi connectivity index (χ2v) is 5.14. The Balaban J connectivity index is 2.52. The van der Waals surface area contributed by atoms with Crippen LogP contribution in [0.5, 0.6) is 11.6 Å². The van der Waals surface area contributed by atoms with Gasteiger partial charge in [-0.15, -0.1) is 0 Å². The van der Waals surface area contributed by atoms with Crippen LogP contribution in [-0.4, -0.2) is 35.9 Å². The van der Waals surface area contributed by atoms with Crippen LogP contribution in [0.1, 0.15) is 24.3 Å². The fraction of sp³-hybridized carbons (Fsp3) is 0.312. The van der Waals surface area contributed by atoms with E-state index in [1.54, 1.807) is 31.4 Å². The molecule has 0 saturated heterocycles. The molecule has 1 amide bonds. The van der Waals surface area contributed by atoms with Crippen molar-refractivity contribution in [3.8, 4) is 17.3 Å². The number of nitrogens with one attached hydrogen (secondary N) is 1. The first-order valence-electron chi connectivity index (χ1n) is 7.10. The van der Waals surface area contributed by atoms with Crippen LogP contribution >= 0.6 is 0 Å². The fourth-order valence-electron chi connectivity index (χ4n) is 1.98. The normalized spacial score (nSPS) is 10.5. The highest BCUT2D eigenvalue weighted by molar-refractivity contribution is 5.92. The number of ether oxygens (including phenoxy) is 2. The number of amides is 1. The van der Waals surface area contributed by atoms with Gasteiger partial charge in [-0.3, -0.25) is 9.59 Å². The van der Waals surface area contributed by atoms with Crippen LogP contribution in [0.25, 0.3) is 5.69 Å². The van der Waals surface area contributed by atoms with Gasteiger partial charge in [-0.05, 0) is 38.1 Å². The van der Waals surface area contributed by atoms with Gasteiger partial charge in [-0.25, -0.2) is 4.68 Å². The van der Waals surface area contributed by atoms with E-state index in [-0.39, 0.29) is 17.6 Å². The SMILES string of the molecule is COc1ccc(-n2nc(C(=O)NC(C)C)c(=O)cc2OC)cc1. The van der Waals surface area contributed by atoms with Crippen molar-refractivity contribution in [1.29, 1.82) is 0 Å². The number of carbonyl (C=O) groups is 1. The molecule has 23 heavy (non-hydrogen) atoms. The van der Waals surface area contributed by atoms with Crippen LogP contribution in [0.4, 0.5) is 0 Å². The Morgan fingerprint density at radius 3 is 2.35 bits per heavy atom. The second kappa shape index (κ2) is 6.95. The van der Waals surface area contributed by atoms with Crippen LogP contribution in [0.2, 0.25) is 0 Å². The molecule has 0 aliphatic rings. The lowest BCUT2D eigenvalue weighted by Crippen LogP contribution is -2.35. The number of carbonyl (C=O) groups excluding carboxylic acids is 1. The molecule has 1 heterocycles. The Labute approximate surface area is 133 Å². The zero-order chi connectivity index (χ0) is 17.0. The second-order valence-electron chi connectivity index (χ2n) is 5.14. The highest BCUT2D eigenvalue weighted by Gasteiger charge is 2.17. The zero-order valence-corrected chi connectivity index (χ0v) is 13.5. The van der Waals surface area contributed by atoms with Gasteiger partial charge in [0, 0.05) is 6.04 Å². The highest BCUT2D eigenvalue weighted by Crippen LogP contribution is 2.18. The maximum Gasteiger partial charge on any atom is 0.276 e. The Morgan fingerprint density at radius 2 is 1.83 bits per heavy atom. The molecular formula is C16H19N3O4. The van der Waals surface area contributed by atoms with E-state index in [1.165, 1.54) is 17.9 Å². The molecule has 2 aromatic rings. The van der Waals surface area contributed by atoms with Crippen LogP contribution in [-0.2, 0) is 0 Å². The molecule has 0 aliphatic carbocycles. The smallest absolute Gasteiger partial charge is 0.276 e. The molecule has 0 aliphatic heterocycles. The first-order valence-corrected chi connectivity index (χ1v) is 7.10. The summed E-state index contributed by atoms with van der Waals surface area (Å²) in [6.45, 7) is 3.62. The summed E-state index contributed by atoms with van der Waals surface area (Å²) in [6, 6.07) is 8.16. The monoisotopic (exact) mass is 317 g/mol. The van der Waals surface area contributed by atoms with Gasteiger partial charge < -0.3 is 14.8 Å². The van der Waals surface area contributed by atoms with Gasteiger partial charge in [-0.2, -0.15) is 5.10 Å². The molecule has 0 spiro atoms. The van der Waals surface area contributed by atoms with Crippen molar-refractivity contribution in [2.45, 2.75) is 19.9 Å². The summed E-state index contributed by atoms with van der Waals surface area (Å²) in [6.07, 6.45) is 0. The Morgan fingerprint density at radius 1 is 1.17 bits per heavy atom. The van der Waals surface area contributed by atoms with E-state index in [9.17, 15) is 9.59 Å². The molecule has 0 bridgehead atoms. The third-order valence-electron chi connectivity index (χ3n) is 3.06. The lowest BCUT2D eigenvalue weighted by molar-refractivity contribution is 0.0935. The van der Waals surface area contributed by atoms with E-state index < -0.39 is 11.3 Å². The topological polar surface area (TPSA) is 82.5 Å².